The number of hydrogen-bond donors (Lipinski definition) is 2. The molecule has 1 saturated carbocycles. The van der Waals surface area contributed by atoms with Crippen molar-refractivity contribution in [2.75, 3.05) is 18.4 Å². The Balaban J connectivity index is 1.46. The molecule has 2 heterocycles. The van der Waals surface area contributed by atoms with Gasteiger partial charge in [0, 0.05) is 38.3 Å². The van der Waals surface area contributed by atoms with Gasteiger partial charge in [0.05, 0.1) is 5.69 Å². The van der Waals surface area contributed by atoms with Gasteiger partial charge in [0.1, 0.15) is 5.82 Å². The van der Waals surface area contributed by atoms with E-state index in [2.05, 4.69) is 20.6 Å². The van der Waals surface area contributed by atoms with E-state index in [9.17, 15) is 4.79 Å². The average molecular weight is 277 g/mol. The summed E-state index contributed by atoms with van der Waals surface area (Å²) < 4.78 is 1.69. The highest BCUT2D eigenvalue weighted by molar-refractivity contribution is 5.88. The maximum atomic E-state index is 12.0. The van der Waals surface area contributed by atoms with E-state index < -0.39 is 0 Å². The molecule has 1 aliphatic carbocycles. The lowest BCUT2D eigenvalue weighted by Gasteiger charge is -2.32. The molecule has 3 rings (SSSR count). The maximum absolute atomic E-state index is 12.0. The molecule has 0 unspecified atom stereocenters. The van der Waals surface area contributed by atoms with Crippen LogP contribution in [0.25, 0.3) is 0 Å². The number of nitrogens with one attached hydrogen (secondary N) is 2. The Morgan fingerprint density at radius 2 is 2.00 bits per heavy atom. The summed E-state index contributed by atoms with van der Waals surface area (Å²) in [5.41, 5.74) is 0.903. The molecule has 1 saturated heterocycles. The van der Waals surface area contributed by atoms with Crippen molar-refractivity contribution < 1.29 is 4.79 Å². The molecule has 6 nitrogen and oxygen atoms in total. The number of aryl methyl sites for hydroxylation is 2. The van der Waals surface area contributed by atoms with E-state index in [1.54, 1.807) is 4.68 Å². The molecule has 20 heavy (non-hydrogen) atoms. The molecule has 0 bridgehead atoms. The first-order valence-corrected chi connectivity index (χ1v) is 7.44. The van der Waals surface area contributed by atoms with E-state index >= 15 is 0 Å². The van der Waals surface area contributed by atoms with E-state index in [1.165, 1.54) is 12.8 Å². The topological polar surface area (TPSA) is 62.2 Å². The molecule has 0 aromatic carbocycles. The molecular weight excluding hydrogens is 254 g/mol. The monoisotopic (exact) mass is 277 g/mol. The Bertz CT molecular complexity index is 486. The van der Waals surface area contributed by atoms with Crippen LogP contribution in [0.5, 0.6) is 0 Å². The van der Waals surface area contributed by atoms with Crippen molar-refractivity contribution >= 4 is 11.8 Å². The molecule has 0 radical (unpaired) electrons. The zero-order chi connectivity index (χ0) is 14.1. The summed E-state index contributed by atoms with van der Waals surface area (Å²) in [4.78, 5) is 14.5. The number of nitrogens with zero attached hydrogens (tertiary/aromatic N) is 3. The van der Waals surface area contributed by atoms with Crippen molar-refractivity contribution in [2.24, 2.45) is 7.05 Å². The van der Waals surface area contributed by atoms with E-state index in [0.29, 0.717) is 6.04 Å². The van der Waals surface area contributed by atoms with Gasteiger partial charge in [-0.25, -0.2) is 4.79 Å². The number of aromatic nitrogens is 2. The van der Waals surface area contributed by atoms with Crippen molar-refractivity contribution in [3.8, 4) is 0 Å². The third kappa shape index (κ3) is 3.12. The van der Waals surface area contributed by atoms with Gasteiger partial charge in [-0.05, 0) is 32.6 Å². The van der Waals surface area contributed by atoms with E-state index in [4.69, 9.17) is 0 Å². The minimum absolute atomic E-state index is 0.127. The Morgan fingerprint density at radius 1 is 1.30 bits per heavy atom. The number of rotatable bonds is 3. The van der Waals surface area contributed by atoms with Gasteiger partial charge in [-0.3, -0.25) is 10.00 Å². The number of urea groups is 1. The Labute approximate surface area is 119 Å². The van der Waals surface area contributed by atoms with Crippen molar-refractivity contribution in [1.29, 1.82) is 0 Å². The summed E-state index contributed by atoms with van der Waals surface area (Å²) in [5.74, 6) is 0.732. The Kier molecular flexibility index (Phi) is 3.65. The van der Waals surface area contributed by atoms with Crippen molar-refractivity contribution in [1.82, 2.24) is 20.0 Å². The first kappa shape index (κ1) is 13.4. The molecule has 0 atom stereocenters. The van der Waals surface area contributed by atoms with Crippen molar-refractivity contribution in [3.05, 3.63) is 11.8 Å². The standard InChI is InChI=1S/C14H23N5O/c1-10-9-13(18(2)17-10)16-14(20)15-11-5-7-19(8-6-11)12-3-4-12/h9,11-12H,3-8H2,1-2H3,(H2,15,16,20). The summed E-state index contributed by atoms with van der Waals surface area (Å²) in [7, 11) is 1.83. The molecule has 2 N–H and O–H groups in total. The van der Waals surface area contributed by atoms with Gasteiger partial charge in [0.15, 0.2) is 0 Å². The second kappa shape index (κ2) is 5.44. The fraction of sp³-hybridized carbons (Fsp3) is 0.714. The molecule has 6 heteroatoms. The van der Waals surface area contributed by atoms with Crippen molar-refractivity contribution in [2.45, 2.75) is 44.7 Å². The van der Waals surface area contributed by atoms with Crippen LogP contribution in [0.3, 0.4) is 0 Å². The second-order valence-corrected chi connectivity index (χ2v) is 5.93. The highest BCUT2D eigenvalue weighted by Crippen LogP contribution is 2.29. The van der Waals surface area contributed by atoms with Gasteiger partial charge in [0.25, 0.3) is 0 Å². The van der Waals surface area contributed by atoms with Crippen molar-refractivity contribution in [3.63, 3.8) is 0 Å². The molecule has 1 aromatic rings. The van der Waals surface area contributed by atoms with Crippen LogP contribution in [0.2, 0.25) is 0 Å². The predicted octanol–water partition coefficient (Wildman–Crippen LogP) is 1.48. The normalized spacial score (nSPS) is 20.9. The van der Waals surface area contributed by atoms with Crippen LogP contribution < -0.4 is 10.6 Å². The van der Waals surface area contributed by atoms with Crippen LogP contribution in [0.1, 0.15) is 31.4 Å². The van der Waals surface area contributed by atoms with Gasteiger partial charge in [0.2, 0.25) is 0 Å². The largest absolute Gasteiger partial charge is 0.335 e. The zero-order valence-corrected chi connectivity index (χ0v) is 12.2. The van der Waals surface area contributed by atoms with E-state index in [1.807, 2.05) is 20.0 Å². The summed E-state index contributed by atoms with van der Waals surface area (Å²) in [6.07, 6.45) is 4.82. The lowest BCUT2D eigenvalue weighted by Crippen LogP contribution is -2.46. The first-order chi connectivity index (χ1) is 9.61. The molecule has 2 fully saturated rings. The molecule has 0 spiro atoms. The number of carbonyl (C=O) groups is 1. The first-order valence-electron chi connectivity index (χ1n) is 7.44. The van der Waals surface area contributed by atoms with E-state index in [-0.39, 0.29) is 6.03 Å². The van der Waals surface area contributed by atoms with Gasteiger partial charge in [-0.1, -0.05) is 0 Å². The summed E-state index contributed by atoms with van der Waals surface area (Å²) >= 11 is 0. The Morgan fingerprint density at radius 3 is 2.55 bits per heavy atom. The number of anilines is 1. The predicted molar refractivity (Wildman–Crippen MR) is 77.7 cm³/mol. The van der Waals surface area contributed by atoms with Crippen LogP contribution in [-0.4, -0.2) is 45.9 Å². The summed E-state index contributed by atoms with van der Waals surface area (Å²) in [5, 5.41) is 10.1. The van der Waals surface area contributed by atoms with Gasteiger partial charge in [-0.15, -0.1) is 0 Å². The number of carbonyl (C=O) groups excluding carboxylic acids is 1. The fourth-order valence-corrected chi connectivity index (χ4v) is 2.91. The molecule has 1 aromatic heterocycles. The van der Waals surface area contributed by atoms with Gasteiger partial charge >= 0.3 is 6.03 Å². The quantitative estimate of drug-likeness (QED) is 0.879. The maximum Gasteiger partial charge on any atom is 0.320 e. The van der Waals surface area contributed by atoms with E-state index in [0.717, 1.165) is 43.5 Å². The molecule has 2 amide bonds. The summed E-state index contributed by atoms with van der Waals surface area (Å²) in [6, 6.07) is 2.87. The number of piperidine rings is 1. The fourth-order valence-electron chi connectivity index (χ4n) is 2.91. The smallest absolute Gasteiger partial charge is 0.320 e. The minimum atomic E-state index is -0.127. The third-order valence-corrected chi connectivity index (χ3v) is 4.17. The van der Waals surface area contributed by atoms with Gasteiger partial charge < -0.3 is 10.2 Å². The molecule has 2 aliphatic rings. The number of likely N-dealkylation sites (tertiary alicyclic amines) is 1. The SMILES string of the molecule is Cc1cc(NC(=O)NC2CCN(C3CC3)CC2)n(C)n1. The highest BCUT2D eigenvalue weighted by atomic mass is 16.2. The van der Waals surface area contributed by atoms with Crippen LogP contribution in [0.4, 0.5) is 10.6 Å². The highest BCUT2D eigenvalue weighted by Gasteiger charge is 2.32. The lowest BCUT2D eigenvalue weighted by atomic mass is 10.1. The average Bonchev–Trinajstić information content (AvgIpc) is 3.18. The van der Waals surface area contributed by atoms with Crippen LogP contribution in [-0.2, 0) is 7.05 Å². The minimum Gasteiger partial charge on any atom is -0.335 e. The zero-order valence-electron chi connectivity index (χ0n) is 12.2. The third-order valence-electron chi connectivity index (χ3n) is 4.17. The Hall–Kier alpha value is -1.56. The number of amides is 2. The molecule has 110 valence electrons. The number of hydrogen-bond acceptors (Lipinski definition) is 3. The molecular formula is C14H23N5O. The lowest BCUT2D eigenvalue weighted by molar-refractivity contribution is 0.189. The van der Waals surface area contributed by atoms with Crippen LogP contribution in [0, 0.1) is 6.92 Å². The molecule has 1 aliphatic heterocycles. The van der Waals surface area contributed by atoms with Gasteiger partial charge in [-0.2, -0.15) is 5.10 Å². The second-order valence-electron chi connectivity index (χ2n) is 5.93. The van der Waals surface area contributed by atoms with Crippen LogP contribution >= 0.6 is 0 Å². The summed E-state index contributed by atoms with van der Waals surface area (Å²) in [6.45, 7) is 4.14. The van der Waals surface area contributed by atoms with Crippen LogP contribution in [0.15, 0.2) is 6.07 Å².